The maximum absolute atomic E-state index is 5.13. The molecule has 4 heteroatoms. The number of nitrogens with zero attached hydrogens (tertiary/aromatic N) is 3. The van der Waals surface area contributed by atoms with Gasteiger partial charge in [-0.05, 0) is 110 Å². The number of fused-ring (bicyclic) bond motifs is 3. The highest BCUT2D eigenvalue weighted by Crippen LogP contribution is 2.41. The van der Waals surface area contributed by atoms with Crippen molar-refractivity contribution in [1.29, 1.82) is 0 Å². The third-order valence-corrected chi connectivity index (χ3v) is 11.3. The van der Waals surface area contributed by atoms with Crippen LogP contribution in [-0.4, -0.2) is 20.6 Å². The summed E-state index contributed by atoms with van der Waals surface area (Å²) in [5.41, 5.74) is 15.8. The van der Waals surface area contributed by atoms with Crippen molar-refractivity contribution in [2.45, 2.75) is 6.17 Å². The Hall–Kier alpha value is -7.69. The second-order valence-corrected chi connectivity index (χ2v) is 14.9. The highest BCUT2D eigenvalue weighted by molar-refractivity contribution is 5.99. The quantitative estimate of drug-likeness (QED) is 0.176. The SMILES string of the molecule is C1=CC2NC(c3ccccc3)=C(c3cccc(-c4cc(-c5cccc(-n6c(-c7ccccc7)nc7ccccc76)c5)cc(-c5cccc6ccccc56)c4)c3)N2C=C1. The number of aromatic nitrogens is 2. The molecule has 0 fully saturated rings. The zero-order chi connectivity index (χ0) is 38.4. The van der Waals surface area contributed by atoms with E-state index in [1.165, 1.54) is 33.2 Å². The molecular weight excluding hydrogens is 705 g/mol. The number of benzene rings is 8. The molecule has 1 unspecified atom stereocenters. The van der Waals surface area contributed by atoms with Gasteiger partial charge in [0.05, 0.1) is 22.4 Å². The number of hydrogen-bond acceptors (Lipinski definition) is 3. The molecule has 0 radical (unpaired) electrons. The number of imidazole rings is 1. The van der Waals surface area contributed by atoms with Crippen molar-refractivity contribution in [3.8, 4) is 50.5 Å². The molecule has 8 aromatic carbocycles. The maximum atomic E-state index is 5.13. The highest BCUT2D eigenvalue weighted by Gasteiger charge is 2.31. The van der Waals surface area contributed by atoms with Crippen molar-refractivity contribution in [2.75, 3.05) is 0 Å². The van der Waals surface area contributed by atoms with E-state index in [1.807, 2.05) is 0 Å². The van der Waals surface area contributed by atoms with E-state index in [2.05, 4.69) is 233 Å². The average molecular weight is 743 g/mol. The standard InChI is InChI=1S/C54H38N4/c1-3-17-38(18-4-1)52-53(57-31-12-11-30-51(57)56-52)42-24-13-22-40(32-42)43-33-44(35-45(34-43)48-27-15-21-37-16-7-8-26-47(37)48)41-23-14-25-46(36-41)58-50-29-10-9-28-49(50)55-54(58)39-19-5-2-6-20-39/h1-36,51,56H. The first-order valence-electron chi connectivity index (χ1n) is 19.8. The summed E-state index contributed by atoms with van der Waals surface area (Å²) in [4.78, 5) is 7.47. The van der Waals surface area contributed by atoms with Crippen molar-refractivity contribution in [1.82, 2.24) is 19.8 Å². The van der Waals surface area contributed by atoms with E-state index >= 15 is 0 Å². The summed E-state index contributed by atoms with van der Waals surface area (Å²) in [7, 11) is 0. The van der Waals surface area contributed by atoms with Crippen LogP contribution >= 0.6 is 0 Å². The predicted molar refractivity (Wildman–Crippen MR) is 241 cm³/mol. The minimum Gasteiger partial charge on any atom is -0.359 e. The third kappa shape index (κ3) is 5.91. The lowest BCUT2D eigenvalue weighted by Crippen LogP contribution is -2.32. The van der Waals surface area contributed by atoms with E-state index in [4.69, 9.17) is 4.98 Å². The molecule has 3 heterocycles. The zero-order valence-corrected chi connectivity index (χ0v) is 31.7. The molecule has 274 valence electrons. The van der Waals surface area contributed by atoms with Gasteiger partial charge in [0.15, 0.2) is 0 Å². The highest BCUT2D eigenvalue weighted by atomic mass is 15.3. The van der Waals surface area contributed by atoms with Gasteiger partial charge in [-0.15, -0.1) is 0 Å². The Kier molecular flexibility index (Phi) is 8.18. The second kappa shape index (κ2) is 14.1. The Bertz CT molecular complexity index is 3090. The lowest BCUT2D eigenvalue weighted by molar-refractivity contribution is 0.443. The van der Waals surface area contributed by atoms with Crippen LogP contribution < -0.4 is 5.32 Å². The van der Waals surface area contributed by atoms with Crippen molar-refractivity contribution in [3.63, 3.8) is 0 Å². The molecule has 11 rings (SSSR count). The molecule has 2 aliphatic rings. The van der Waals surface area contributed by atoms with E-state index in [0.29, 0.717) is 0 Å². The molecule has 2 aliphatic heterocycles. The van der Waals surface area contributed by atoms with E-state index in [9.17, 15) is 0 Å². The predicted octanol–water partition coefficient (Wildman–Crippen LogP) is 13.0. The van der Waals surface area contributed by atoms with Gasteiger partial charge >= 0.3 is 0 Å². The molecule has 0 saturated heterocycles. The minimum atomic E-state index is 0.0578. The number of rotatable bonds is 7. The fraction of sp³-hybridized carbons (Fsp3) is 0.0185. The van der Waals surface area contributed by atoms with E-state index in [0.717, 1.165) is 61.6 Å². The van der Waals surface area contributed by atoms with Crippen LogP contribution in [0.3, 0.4) is 0 Å². The van der Waals surface area contributed by atoms with Crippen molar-refractivity contribution in [2.24, 2.45) is 0 Å². The molecule has 0 bridgehead atoms. The normalized spacial score (nSPS) is 14.6. The summed E-state index contributed by atoms with van der Waals surface area (Å²) in [6.07, 6.45) is 8.67. The Balaban J connectivity index is 1.09. The lowest BCUT2D eigenvalue weighted by atomic mass is 9.90. The van der Waals surface area contributed by atoms with Crippen LogP contribution in [0.25, 0.3) is 83.7 Å². The van der Waals surface area contributed by atoms with E-state index < -0.39 is 0 Å². The van der Waals surface area contributed by atoms with Crippen LogP contribution in [0.2, 0.25) is 0 Å². The summed E-state index contributed by atoms with van der Waals surface area (Å²) < 4.78 is 2.29. The van der Waals surface area contributed by atoms with Crippen molar-refractivity contribution in [3.05, 3.63) is 230 Å². The zero-order valence-electron chi connectivity index (χ0n) is 31.7. The fourth-order valence-corrected chi connectivity index (χ4v) is 8.62. The fourth-order valence-electron chi connectivity index (χ4n) is 8.62. The number of nitrogens with one attached hydrogen (secondary N) is 1. The van der Waals surface area contributed by atoms with Gasteiger partial charge < -0.3 is 10.2 Å². The number of para-hydroxylation sites is 2. The van der Waals surface area contributed by atoms with Gasteiger partial charge in [-0.2, -0.15) is 0 Å². The van der Waals surface area contributed by atoms with Gasteiger partial charge in [0.1, 0.15) is 12.0 Å². The molecule has 1 N–H and O–H groups in total. The van der Waals surface area contributed by atoms with Crippen LogP contribution in [0.15, 0.2) is 219 Å². The Morgan fingerprint density at radius 1 is 0.466 bits per heavy atom. The minimum absolute atomic E-state index is 0.0578. The van der Waals surface area contributed by atoms with Gasteiger partial charge in [0.25, 0.3) is 0 Å². The van der Waals surface area contributed by atoms with Crippen LogP contribution in [0.5, 0.6) is 0 Å². The van der Waals surface area contributed by atoms with Crippen LogP contribution in [0.4, 0.5) is 0 Å². The molecular formula is C54H38N4. The van der Waals surface area contributed by atoms with E-state index in [-0.39, 0.29) is 6.17 Å². The summed E-state index contributed by atoms with van der Waals surface area (Å²) in [6, 6.07) is 69.8. The molecule has 1 aromatic heterocycles. The maximum Gasteiger partial charge on any atom is 0.145 e. The smallest absolute Gasteiger partial charge is 0.145 e. The van der Waals surface area contributed by atoms with E-state index in [1.54, 1.807) is 0 Å². The second-order valence-electron chi connectivity index (χ2n) is 14.9. The summed E-state index contributed by atoms with van der Waals surface area (Å²) in [5, 5.41) is 6.26. The monoisotopic (exact) mass is 742 g/mol. The number of allylic oxidation sites excluding steroid dienone is 2. The average Bonchev–Trinajstić information content (AvgIpc) is 3.89. The van der Waals surface area contributed by atoms with Crippen LogP contribution in [-0.2, 0) is 0 Å². The summed E-state index contributed by atoms with van der Waals surface area (Å²) >= 11 is 0. The number of hydrogen-bond donors (Lipinski definition) is 1. The first-order chi connectivity index (χ1) is 28.7. The Morgan fingerprint density at radius 3 is 1.93 bits per heavy atom. The summed E-state index contributed by atoms with van der Waals surface area (Å²) in [5.74, 6) is 0.924. The molecule has 58 heavy (non-hydrogen) atoms. The van der Waals surface area contributed by atoms with Crippen molar-refractivity contribution >= 4 is 33.2 Å². The Labute approximate surface area is 338 Å². The van der Waals surface area contributed by atoms with Gasteiger partial charge in [-0.25, -0.2) is 4.98 Å². The first kappa shape index (κ1) is 33.6. The molecule has 4 nitrogen and oxygen atoms in total. The molecule has 0 saturated carbocycles. The van der Waals surface area contributed by atoms with Crippen LogP contribution in [0.1, 0.15) is 11.1 Å². The van der Waals surface area contributed by atoms with Gasteiger partial charge in [0, 0.05) is 23.0 Å². The van der Waals surface area contributed by atoms with Crippen molar-refractivity contribution < 1.29 is 0 Å². The van der Waals surface area contributed by atoms with Gasteiger partial charge in [-0.1, -0.05) is 152 Å². The molecule has 0 aliphatic carbocycles. The third-order valence-electron chi connectivity index (χ3n) is 11.3. The molecule has 9 aromatic rings. The molecule has 1 atom stereocenters. The van der Waals surface area contributed by atoms with Gasteiger partial charge in [0.2, 0.25) is 0 Å². The van der Waals surface area contributed by atoms with Gasteiger partial charge in [-0.3, -0.25) is 4.57 Å². The largest absolute Gasteiger partial charge is 0.359 e. The van der Waals surface area contributed by atoms with Crippen LogP contribution in [0, 0.1) is 0 Å². The molecule has 0 spiro atoms. The lowest BCUT2D eigenvalue weighted by Gasteiger charge is -2.25. The Morgan fingerprint density at radius 2 is 1.09 bits per heavy atom. The molecule has 0 amide bonds. The first-order valence-corrected chi connectivity index (χ1v) is 19.8. The topological polar surface area (TPSA) is 33.1 Å². The summed E-state index contributed by atoms with van der Waals surface area (Å²) in [6.45, 7) is 0.